The van der Waals surface area contributed by atoms with Crippen molar-refractivity contribution in [3.05, 3.63) is 29.8 Å². The number of fused-ring (bicyclic) bond motifs is 1. The molecule has 0 spiro atoms. The number of nitrogens with one attached hydrogen (secondary N) is 2. The molecule has 0 atom stereocenters. The predicted octanol–water partition coefficient (Wildman–Crippen LogP) is 3.85. The summed E-state index contributed by atoms with van der Waals surface area (Å²) in [6.45, 7) is 8.55. The highest BCUT2D eigenvalue weighted by Gasteiger charge is 2.21. The van der Waals surface area contributed by atoms with E-state index in [-0.39, 0.29) is 6.61 Å². The van der Waals surface area contributed by atoms with Gasteiger partial charge in [0.25, 0.3) is 0 Å². The smallest absolute Gasteiger partial charge is 0.229 e. The number of H-pyrrole nitrogens is 1. The molecule has 8 heteroatoms. The highest BCUT2D eigenvalue weighted by atomic mass is 16.3. The lowest BCUT2D eigenvalue weighted by molar-refractivity contribution is 0.303. The molecule has 30 heavy (non-hydrogen) atoms. The molecule has 0 unspecified atom stereocenters. The SMILES string of the molecule is CC.Cc1cccc(Nc2nc3nc(N(C)CCO)nc(N4CCCCC4)c3[nH]2)c1. The maximum absolute atomic E-state index is 9.28. The van der Waals surface area contributed by atoms with Gasteiger partial charge in [-0.25, -0.2) is 0 Å². The Morgan fingerprint density at radius 1 is 1.13 bits per heavy atom. The molecule has 1 aliphatic rings. The van der Waals surface area contributed by atoms with E-state index in [0.717, 1.165) is 43.0 Å². The van der Waals surface area contributed by atoms with E-state index in [2.05, 4.69) is 44.2 Å². The molecule has 1 fully saturated rings. The van der Waals surface area contributed by atoms with Crippen LogP contribution in [-0.2, 0) is 0 Å². The quantitative estimate of drug-likeness (QED) is 0.567. The van der Waals surface area contributed by atoms with Gasteiger partial charge < -0.3 is 25.2 Å². The van der Waals surface area contributed by atoms with Gasteiger partial charge in [0.2, 0.25) is 11.9 Å². The summed E-state index contributed by atoms with van der Waals surface area (Å²) in [5.41, 5.74) is 3.63. The van der Waals surface area contributed by atoms with Gasteiger partial charge >= 0.3 is 0 Å². The number of aliphatic hydroxyl groups is 1. The maximum atomic E-state index is 9.28. The molecule has 0 bridgehead atoms. The molecular weight excluding hydrogens is 378 g/mol. The van der Waals surface area contributed by atoms with Gasteiger partial charge in [-0.3, -0.25) is 0 Å². The van der Waals surface area contributed by atoms with Gasteiger partial charge in [0, 0.05) is 32.4 Å². The monoisotopic (exact) mass is 411 g/mol. The van der Waals surface area contributed by atoms with Crippen molar-refractivity contribution in [2.75, 3.05) is 48.4 Å². The Morgan fingerprint density at radius 2 is 1.90 bits per heavy atom. The lowest BCUT2D eigenvalue weighted by Crippen LogP contribution is -2.31. The summed E-state index contributed by atoms with van der Waals surface area (Å²) < 4.78 is 0. The first-order chi connectivity index (χ1) is 14.6. The summed E-state index contributed by atoms with van der Waals surface area (Å²) in [5.74, 6) is 2.11. The first-order valence-corrected chi connectivity index (χ1v) is 10.8. The molecule has 3 N–H and O–H groups in total. The van der Waals surface area contributed by atoms with Crippen molar-refractivity contribution in [1.82, 2.24) is 19.9 Å². The van der Waals surface area contributed by atoms with E-state index in [1.807, 2.05) is 37.9 Å². The second-order valence-corrected chi connectivity index (χ2v) is 7.32. The molecule has 4 rings (SSSR count). The van der Waals surface area contributed by atoms with Crippen molar-refractivity contribution in [3.8, 4) is 0 Å². The van der Waals surface area contributed by atoms with Crippen molar-refractivity contribution in [2.24, 2.45) is 0 Å². The molecule has 3 aromatic rings. The number of hydrogen-bond acceptors (Lipinski definition) is 7. The summed E-state index contributed by atoms with van der Waals surface area (Å²) in [4.78, 5) is 21.6. The highest BCUT2D eigenvalue weighted by molar-refractivity contribution is 5.87. The number of benzene rings is 1. The van der Waals surface area contributed by atoms with Gasteiger partial charge in [-0.1, -0.05) is 26.0 Å². The Bertz CT molecular complexity index is 950. The molecule has 2 aromatic heterocycles. The normalized spacial score (nSPS) is 13.7. The third-order valence-electron chi connectivity index (χ3n) is 5.03. The second-order valence-electron chi connectivity index (χ2n) is 7.32. The van der Waals surface area contributed by atoms with Gasteiger partial charge in [0.1, 0.15) is 5.52 Å². The molecule has 1 aliphatic heterocycles. The van der Waals surface area contributed by atoms with Gasteiger partial charge in [-0.2, -0.15) is 15.0 Å². The van der Waals surface area contributed by atoms with Crippen LogP contribution in [0.5, 0.6) is 0 Å². The average Bonchev–Trinajstić information content (AvgIpc) is 3.17. The van der Waals surface area contributed by atoms with E-state index in [4.69, 9.17) is 4.98 Å². The van der Waals surface area contributed by atoms with E-state index >= 15 is 0 Å². The maximum Gasteiger partial charge on any atom is 0.229 e. The Morgan fingerprint density at radius 3 is 2.60 bits per heavy atom. The fraction of sp³-hybridized carbons (Fsp3) is 0.500. The van der Waals surface area contributed by atoms with Gasteiger partial charge in [-0.15, -0.1) is 0 Å². The van der Waals surface area contributed by atoms with E-state index in [1.165, 1.54) is 12.0 Å². The Labute approximate surface area is 178 Å². The number of imidazole rings is 1. The van der Waals surface area contributed by atoms with E-state index in [0.29, 0.717) is 24.1 Å². The fourth-order valence-corrected chi connectivity index (χ4v) is 3.55. The van der Waals surface area contributed by atoms with Crippen molar-refractivity contribution < 1.29 is 5.11 Å². The molecule has 0 saturated carbocycles. The number of likely N-dealkylation sites (N-methyl/N-ethyl adjacent to an activating group) is 1. The predicted molar refractivity (Wildman–Crippen MR) is 124 cm³/mol. The van der Waals surface area contributed by atoms with Gasteiger partial charge in [0.15, 0.2) is 11.5 Å². The van der Waals surface area contributed by atoms with Crippen molar-refractivity contribution >= 4 is 34.6 Å². The lowest BCUT2D eigenvalue weighted by atomic mass is 10.1. The summed E-state index contributed by atoms with van der Waals surface area (Å²) in [6.07, 6.45) is 3.58. The standard InChI is InChI=1S/C20H27N7O.C2H6/c1-14-7-6-8-15(13-14)21-19-22-16-17(23-19)24-20(26(2)11-12-28)25-18(16)27-9-4-3-5-10-27;1-2/h6-8,13,28H,3-5,9-12H2,1-2H3,(H2,21,22,23,24,25);1-2H3. The van der Waals surface area contributed by atoms with Crippen LogP contribution in [0.15, 0.2) is 24.3 Å². The van der Waals surface area contributed by atoms with Crippen LogP contribution in [0.3, 0.4) is 0 Å². The van der Waals surface area contributed by atoms with Crippen LogP contribution in [-0.4, -0.2) is 58.3 Å². The minimum atomic E-state index is 0.0532. The molecular formula is C22H33N7O. The van der Waals surface area contributed by atoms with Crippen LogP contribution in [0.4, 0.5) is 23.4 Å². The Kier molecular flexibility index (Phi) is 7.46. The Hall–Kier alpha value is -2.87. The minimum Gasteiger partial charge on any atom is -0.395 e. The zero-order chi connectivity index (χ0) is 21.5. The average molecular weight is 412 g/mol. The molecule has 0 radical (unpaired) electrons. The number of rotatable bonds is 6. The number of aromatic nitrogens is 4. The number of aryl methyl sites for hydroxylation is 1. The van der Waals surface area contributed by atoms with Crippen LogP contribution in [0.25, 0.3) is 11.2 Å². The minimum absolute atomic E-state index is 0.0532. The number of piperidine rings is 1. The van der Waals surface area contributed by atoms with Crippen molar-refractivity contribution in [3.63, 3.8) is 0 Å². The van der Waals surface area contributed by atoms with Gasteiger partial charge in [0.05, 0.1) is 6.61 Å². The van der Waals surface area contributed by atoms with Gasteiger partial charge in [-0.05, 0) is 43.9 Å². The zero-order valence-corrected chi connectivity index (χ0v) is 18.4. The van der Waals surface area contributed by atoms with Crippen LogP contribution in [0.1, 0.15) is 38.7 Å². The van der Waals surface area contributed by atoms with Crippen molar-refractivity contribution in [1.29, 1.82) is 0 Å². The first kappa shape index (κ1) is 21.8. The number of hydrogen-bond donors (Lipinski definition) is 3. The van der Waals surface area contributed by atoms with Crippen LogP contribution >= 0.6 is 0 Å². The lowest BCUT2D eigenvalue weighted by Gasteiger charge is -2.28. The fourth-order valence-electron chi connectivity index (χ4n) is 3.55. The van der Waals surface area contributed by atoms with E-state index in [9.17, 15) is 5.11 Å². The van der Waals surface area contributed by atoms with Crippen molar-refractivity contribution in [2.45, 2.75) is 40.0 Å². The zero-order valence-electron chi connectivity index (χ0n) is 18.4. The van der Waals surface area contributed by atoms with E-state index in [1.54, 1.807) is 0 Å². The number of aromatic amines is 1. The highest BCUT2D eigenvalue weighted by Crippen LogP contribution is 2.29. The molecule has 0 amide bonds. The van der Waals surface area contributed by atoms with E-state index < -0.39 is 0 Å². The number of aliphatic hydroxyl groups excluding tert-OH is 1. The summed E-state index contributed by atoms with van der Waals surface area (Å²) in [6, 6.07) is 8.16. The molecule has 0 aliphatic carbocycles. The van der Waals surface area contributed by atoms with Crippen LogP contribution in [0.2, 0.25) is 0 Å². The van der Waals surface area contributed by atoms with Crippen LogP contribution in [0, 0.1) is 6.92 Å². The number of nitrogens with zero attached hydrogens (tertiary/aromatic N) is 5. The molecule has 8 nitrogen and oxygen atoms in total. The second kappa shape index (κ2) is 10.2. The molecule has 162 valence electrons. The topological polar surface area (TPSA) is 93.2 Å². The summed E-state index contributed by atoms with van der Waals surface area (Å²) in [5, 5.41) is 12.6. The Balaban J connectivity index is 0.00000124. The first-order valence-electron chi connectivity index (χ1n) is 10.8. The molecule has 1 saturated heterocycles. The molecule has 1 aromatic carbocycles. The third kappa shape index (κ3) is 4.99. The summed E-state index contributed by atoms with van der Waals surface area (Å²) >= 11 is 0. The third-order valence-corrected chi connectivity index (χ3v) is 5.03. The number of anilines is 4. The summed E-state index contributed by atoms with van der Waals surface area (Å²) in [7, 11) is 1.88. The molecule has 3 heterocycles. The van der Waals surface area contributed by atoms with Crippen LogP contribution < -0.4 is 15.1 Å². The largest absolute Gasteiger partial charge is 0.395 e.